The number of rotatable bonds is 7. The molecule has 0 heterocycles. The van der Waals surface area contributed by atoms with Crippen LogP contribution in [0.2, 0.25) is 0 Å². The van der Waals surface area contributed by atoms with Gasteiger partial charge in [0.25, 0.3) is 11.6 Å². The first-order valence-corrected chi connectivity index (χ1v) is 7.95. The molecule has 0 saturated carbocycles. The van der Waals surface area contributed by atoms with Gasteiger partial charge < -0.3 is 14.8 Å². The summed E-state index contributed by atoms with van der Waals surface area (Å²) < 4.78 is 33.4. The van der Waals surface area contributed by atoms with E-state index < -0.39 is 30.0 Å². The van der Waals surface area contributed by atoms with Crippen LogP contribution in [0, 0.1) is 24.0 Å². The van der Waals surface area contributed by atoms with Crippen LogP contribution in [0.5, 0.6) is 5.75 Å². The van der Waals surface area contributed by atoms with E-state index in [1.807, 2.05) is 0 Å². The minimum atomic E-state index is -3.05. The van der Waals surface area contributed by atoms with Crippen LogP contribution in [0.3, 0.4) is 0 Å². The zero-order valence-electron chi connectivity index (χ0n) is 14.9. The summed E-state index contributed by atoms with van der Waals surface area (Å²) in [6, 6.07) is 7.65. The third-order valence-corrected chi connectivity index (χ3v) is 3.71. The lowest BCUT2D eigenvalue weighted by molar-refractivity contribution is -0.384. The maximum Gasteiger partial charge on any atom is 0.387 e. The number of nitro groups is 1. The molecule has 1 N–H and O–H groups in total. The summed E-state index contributed by atoms with van der Waals surface area (Å²) in [6.07, 6.45) is 0. The van der Waals surface area contributed by atoms with Crippen LogP contribution in [0.4, 0.5) is 20.2 Å². The fourth-order valence-electron chi connectivity index (χ4n) is 2.25. The monoisotopic (exact) mass is 394 g/mol. The van der Waals surface area contributed by atoms with Gasteiger partial charge in [-0.3, -0.25) is 14.9 Å². The second-order valence-electron chi connectivity index (χ2n) is 5.74. The van der Waals surface area contributed by atoms with Gasteiger partial charge in [-0.25, -0.2) is 4.79 Å². The third kappa shape index (κ3) is 5.47. The van der Waals surface area contributed by atoms with Gasteiger partial charge in [0.1, 0.15) is 11.4 Å². The number of ether oxygens (including phenoxy) is 2. The molecule has 0 unspecified atom stereocenters. The van der Waals surface area contributed by atoms with Crippen molar-refractivity contribution < 1.29 is 32.8 Å². The van der Waals surface area contributed by atoms with Gasteiger partial charge in [-0.15, -0.1) is 0 Å². The van der Waals surface area contributed by atoms with E-state index in [9.17, 15) is 28.5 Å². The highest BCUT2D eigenvalue weighted by molar-refractivity contribution is 5.97. The minimum Gasteiger partial charge on any atom is -0.452 e. The number of carbonyl (C=O) groups excluding carboxylic acids is 2. The Morgan fingerprint density at radius 2 is 1.86 bits per heavy atom. The zero-order valence-corrected chi connectivity index (χ0v) is 14.9. The van der Waals surface area contributed by atoms with Crippen molar-refractivity contribution in [1.29, 1.82) is 0 Å². The average Bonchev–Trinajstić information content (AvgIpc) is 2.62. The molecule has 0 saturated heterocycles. The molecule has 0 fully saturated rings. The zero-order chi connectivity index (χ0) is 20.8. The van der Waals surface area contributed by atoms with Gasteiger partial charge in [0.2, 0.25) is 0 Å². The van der Waals surface area contributed by atoms with Gasteiger partial charge in [-0.2, -0.15) is 8.78 Å². The maximum absolute atomic E-state index is 12.2. The molecule has 0 aliphatic carbocycles. The number of nitro benzene ring substituents is 1. The van der Waals surface area contributed by atoms with Crippen LogP contribution in [-0.4, -0.2) is 30.0 Å². The number of esters is 1. The van der Waals surface area contributed by atoms with E-state index in [0.29, 0.717) is 5.56 Å². The average molecular weight is 394 g/mol. The van der Waals surface area contributed by atoms with E-state index in [4.69, 9.17) is 4.74 Å². The van der Waals surface area contributed by atoms with Gasteiger partial charge in [0.05, 0.1) is 10.5 Å². The van der Waals surface area contributed by atoms with E-state index in [-0.39, 0.29) is 22.7 Å². The van der Waals surface area contributed by atoms with E-state index in [2.05, 4.69) is 10.1 Å². The first-order valence-electron chi connectivity index (χ1n) is 7.95. The Morgan fingerprint density at radius 1 is 1.18 bits per heavy atom. The van der Waals surface area contributed by atoms with Gasteiger partial charge in [-0.05, 0) is 49.2 Å². The molecule has 0 radical (unpaired) electrons. The van der Waals surface area contributed by atoms with E-state index in [1.165, 1.54) is 30.3 Å². The summed E-state index contributed by atoms with van der Waals surface area (Å²) in [5.74, 6) is -1.97. The van der Waals surface area contributed by atoms with Crippen LogP contribution < -0.4 is 10.1 Å². The number of nitrogens with one attached hydrogen (secondary N) is 1. The van der Waals surface area contributed by atoms with Crippen molar-refractivity contribution in [2.75, 3.05) is 11.9 Å². The lowest BCUT2D eigenvalue weighted by atomic mass is 10.1. The number of nitrogens with zero attached hydrogens (tertiary/aromatic N) is 1. The molecule has 2 rings (SSSR count). The first kappa shape index (κ1) is 20.7. The number of hydrogen-bond acceptors (Lipinski definition) is 6. The molecule has 0 atom stereocenters. The molecule has 0 aromatic heterocycles. The SMILES string of the molecule is Cc1cc(NC(=O)COC(=O)c2cccc(OC(F)F)c2)c([N+](=O)[O-])cc1C. The van der Waals surface area contributed by atoms with Gasteiger partial charge in [0, 0.05) is 6.07 Å². The lowest BCUT2D eigenvalue weighted by Crippen LogP contribution is -2.21. The summed E-state index contributed by atoms with van der Waals surface area (Å²) in [7, 11) is 0. The molecule has 2 aromatic rings. The Hall–Kier alpha value is -3.56. The van der Waals surface area contributed by atoms with E-state index in [1.54, 1.807) is 13.8 Å². The maximum atomic E-state index is 12.2. The highest BCUT2D eigenvalue weighted by atomic mass is 19.3. The number of carbonyl (C=O) groups is 2. The number of anilines is 1. The van der Waals surface area contributed by atoms with Crippen molar-refractivity contribution in [3.05, 3.63) is 63.2 Å². The summed E-state index contributed by atoms with van der Waals surface area (Å²) in [5.41, 5.74) is 1.000. The van der Waals surface area contributed by atoms with Crippen LogP contribution >= 0.6 is 0 Å². The number of alkyl halides is 2. The molecule has 2 aromatic carbocycles. The quantitative estimate of drug-likeness (QED) is 0.437. The Labute approximate surface area is 158 Å². The molecule has 0 aliphatic rings. The summed E-state index contributed by atoms with van der Waals surface area (Å²) in [4.78, 5) is 34.5. The third-order valence-electron chi connectivity index (χ3n) is 3.71. The van der Waals surface area contributed by atoms with Gasteiger partial charge in [0.15, 0.2) is 6.61 Å². The highest BCUT2D eigenvalue weighted by Crippen LogP contribution is 2.27. The molecule has 0 bridgehead atoms. The number of benzene rings is 2. The van der Waals surface area contributed by atoms with Crippen molar-refractivity contribution >= 4 is 23.3 Å². The topological polar surface area (TPSA) is 108 Å². The van der Waals surface area contributed by atoms with Crippen LogP contribution in [-0.2, 0) is 9.53 Å². The molecule has 148 valence electrons. The first-order chi connectivity index (χ1) is 13.2. The molecule has 8 nitrogen and oxygen atoms in total. The van der Waals surface area contributed by atoms with Crippen LogP contribution in [0.25, 0.3) is 0 Å². The second-order valence-corrected chi connectivity index (χ2v) is 5.74. The number of halogens is 2. The molecular formula is C18H16F2N2O6. The number of aryl methyl sites for hydroxylation is 2. The predicted molar refractivity (Wildman–Crippen MR) is 94.6 cm³/mol. The standard InChI is InChI=1S/C18H16F2N2O6/c1-10-6-14(15(22(25)26)7-11(10)2)21-16(23)9-27-17(24)12-4-3-5-13(8-12)28-18(19)20/h3-8,18H,9H2,1-2H3,(H,21,23). The van der Waals surface area contributed by atoms with Gasteiger partial charge in [-0.1, -0.05) is 6.07 Å². The molecular weight excluding hydrogens is 378 g/mol. The molecule has 0 aliphatic heterocycles. The number of hydrogen-bond donors (Lipinski definition) is 1. The summed E-state index contributed by atoms with van der Waals surface area (Å²) in [5, 5.41) is 13.5. The molecule has 10 heteroatoms. The molecule has 28 heavy (non-hydrogen) atoms. The molecule has 1 amide bonds. The smallest absolute Gasteiger partial charge is 0.387 e. The highest BCUT2D eigenvalue weighted by Gasteiger charge is 2.19. The minimum absolute atomic E-state index is 0.0264. The second kappa shape index (κ2) is 8.89. The summed E-state index contributed by atoms with van der Waals surface area (Å²) in [6.45, 7) is -0.348. The van der Waals surface area contributed by atoms with Crippen LogP contribution in [0.15, 0.2) is 36.4 Å². The normalized spacial score (nSPS) is 10.5. The fourth-order valence-corrected chi connectivity index (χ4v) is 2.25. The van der Waals surface area contributed by atoms with Crippen molar-refractivity contribution in [3.8, 4) is 5.75 Å². The van der Waals surface area contributed by atoms with E-state index in [0.717, 1.165) is 11.6 Å². The Kier molecular flexibility index (Phi) is 6.59. The predicted octanol–water partition coefficient (Wildman–Crippen LogP) is 3.61. The largest absolute Gasteiger partial charge is 0.452 e. The van der Waals surface area contributed by atoms with Gasteiger partial charge >= 0.3 is 12.6 Å². The van der Waals surface area contributed by atoms with Crippen molar-refractivity contribution in [2.24, 2.45) is 0 Å². The van der Waals surface area contributed by atoms with Crippen molar-refractivity contribution in [3.63, 3.8) is 0 Å². The lowest BCUT2D eigenvalue weighted by Gasteiger charge is -2.10. The van der Waals surface area contributed by atoms with Crippen molar-refractivity contribution in [2.45, 2.75) is 20.5 Å². The Balaban J connectivity index is 2.02. The van der Waals surface area contributed by atoms with Crippen LogP contribution in [0.1, 0.15) is 21.5 Å². The van der Waals surface area contributed by atoms with E-state index >= 15 is 0 Å². The number of amides is 1. The Morgan fingerprint density at radius 3 is 2.50 bits per heavy atom. The summed E-state index contributed by atoms with van der Waals surface area (Å²) >= 11 is 0. The molecule has 0 spiro atoms. The Bertz CT molecular complexity index is 917. The van der Waals surface area contributed by atoms with Crippen molar-refractivity contribution in [1.82, 2.24) is 0 Å². The fraction of sp³-hybridized carbons (Fsp3) is 0.222.